The Morgan fingerprint density at radius 2 is 2.16 bits per heavy atom. The molecule has 0 saturated heterocycles. The van der Waals surface area contributed by atoms with Gasteiger partial charge >= 0.3 is 0 Å². The number of nitro benzene ring substituents is 1. The summed E-state index contributed by atoms with van der Waals surface area (Å²) in [6.45, 7) is 4.81. The van der Waals surface area contributed by atoms with Crippen LogP contribution in [0.5, 0.6) is 5.75 Å². The molecule has 0 saturated carbocycles. The third-order valence-electron chi connectivity index (χ3n) is 2.70. The van der Waals surface area contributed by atoms with Crippen LogP contribution in [0.4, 0.5) is 11.4 Å². The maximum absolute atomic E-state index is 11.1. The first-order valence-corrected chi connectivity index (χ1v) is 6.29. The molecular formula is C13H20N2O4. The zero-order valence-electron chi connectivity index (χ0n) is 11.5. The summed E-state index contributed by atoms with van der Waals surface area (Å²) in [4.78, 5) is 10.7. The molecule has 19 heavy (non-hydrogen) atoms. The van der Waals surface area contributed by atoms with Gasteiger partial charge in [-0.1, -0.05) is 6.92 Å². The fraction of sp³-hybridized carbons (Fsp3) is 0.538. The second kappa shape index (κ2) is 7.58. The summed E-state index contributed by atoms with van der Waals surface area (Å²) in [6.07, 6.45) is 0.818. The van der Waals surface area contributed by atoms with E-state index in [0.29, 0.717) is 24.7 Å². The summed E-state index contributed by atoms with van der Waals surface area (Å²) in [6, 6.07) is 4.87. The van der Waals surface area contributed by atoms with Crippen LogP contribution in [0, 0.1) is 10.1 Å². The largest absolute Gasteiger partial charge is 0.494 e. The van der Waals surface area contributed by atoms with E-state index < -0.39 is 4.92 Å². The molecule has 1 atom stereocenters. The Balaban J connectivity index is 2.95. The van der Waals surface area contributed by atoms with Gasteiger partial charge < -0.3 is 14.8 Å². The highest BCUT2D eigenvalue weighted by atomic mass is 16.6. The van der Waals surface area contributed by atoms with Gasteiger partial charge in [0.1, 0.15) is 11.4 Å². The lowest BCUT2D eigenvalue weighted by molar-refractivity contribution is -0.384. The Kier molecular flexibility index (Phi) is 6.08. The summed E-state index contributed by atoms with van der Waals surface area (Å²) in [5, 5.41) is 14.2. The van der Waals surface area contributed by atoms with Crippen molar-refractivity contribution in [2.24, 2.45) is 0 Å². The monoisotopic (exact) mass is 268 g/mol. The fourth-order valence-electron chi connectivity index (χ4n) is 1.72. The lowest BCUT2D eigenvalue weighted by Crippen LogP contribution is -2.24. The van der Waals surface area contributed by atoms with E-state index >= 15 is 0 Å². The van der Waals surface area contributed by atoms with Gasteiger partial charge in [0.25, 0.3) is 5.69 Å². The number of nitrogens with zero attached hydrogens (tertiary/aromatic N) is 1. The second-order valence-electron chi connectivity index (χ2n) is 4.07. The molecule has 6 heteroatoms. The van der Waals surface area contributed by atoms with Crippen molar-refractivity contribution in [2.45, 2.75) is 26.3 Å². The topological polar surface area (TPSA) is 73.6 Å². The molecule has 1 aromatic carbocycles. The van der Waals surface area contributed by atoms with Crippen LogP contribution >= 0.6 is 0 Å². The van der Waals surface area contributed by atoms with Crippen molar-refractivity contribution in [3.05, 3.63) is 28.3 Å². The number of anilines is 1. The number of ether oxygens (including phenoxy) is 2. The third-order valence-corrected chi connectivity index (χ3v) is 2.70. The number of methoxy groups -OCH3 is 1. The van der Waals surface area contributed by atoms with Gasteiger partial charge in [-0.25, -0.2) is 0 Å². The Hall–Kier alpha value is -1.82. The Bertz CT molecular complexity index is 423. The van der Waals surface area contributed by atoms with Gasteiger partial charge in [0.15, 0.2) is 0 Å². The molecule has 0 fully saturated rings. The van der Waals surface area contributed by atoms with E-state index in [-0.39, 0.29) is 11.7 Å². The molecular weight excluding hydrogens is 248 g/mol. The molecule has 0 bridgehead atoms. The predicted molar refractivity (Wildman–Crippen MR) is 73.8 cm³/mol. The molecule has 0 spiro atoms. The van der Waals surface area contributed by atoms with Crippen molar-refractivity contribution in [3.8, 4) is 5.75 Å². The van der Waals surface area contributed by atoms with Crippen LogP contribution in [-0.2, 0) is 4.74 Å². The Labute approximate surface area is 112 Å². The van der Waals surface area contributed by atoms with E-state index in [1.807, 2.05) is 13.8 Å². The van der Waals surface area contributed by atoms with E-state index in [2.05, 4.69) is 5.32 Å². The molecule has 0 aliphatic rings. The highest BCUT2D eigenvalue weighted by Crippen LogP contribution is 2.29. The highest BCUT2D eigenvalue weighted by molar-refractivity contribution is 5.64. The average Bonchev–Trinajstić information content (AvgIpc) is 2.39. The maximum atomic E-state index is 11.1. The van der Waals surface area contributed by atoms with E-state index in [0.717, 1.165) is 6.42 Å². The van der Waals surface area contributed by atoms with Crippen molar-refractivity contribution in [1.29, 1.82) is 0 Å². The first-order valence-electron chi connectivity index (χ1n) is 6.29. The zero-order valence-corrected chi connectivity index (χ0v) is 11.5. The molecule has 0 aliphatic heterocycles. The fourth-order valence-corrected chi connectivity index (χ4v) is 1.72. The summed E-state index contributed by atoms with van der Waals surface area (Å²) < 4.78 is 10.3. The van der Waals surface area contributed by atoms with E-state index in [9.17, 15) is 10.1 Å². The van der Waals surface area contributed by atoms with Gasteiger partial charge in [-0.05, 0) is 25.5 Å². The summed E-state index contributed by atoms with van der Waals surface area (Å²) in [7, 11) is 1.61. The lowest BCUT2D eigenvalue weighted by Gasteiger charge is -2.17. The van der Waals surface area contributed by atoms with Crippen molar-refractivity contribution in [3.63, 3.8) is 0 Å². The molecule has 0 aliphatic carbocycles. The number of hydrogen-bond donors (Lipinski definition) is 1. The molecule has 0 heterocycles. The van der Waals surface area contributed by atoms with Crippen LogP contribution in [-0.4, -0.2) is 31.3 Å². The molecule has 0 aromatic heterocycles. The van der Waals surface area contributed by atoms with Crippen molar-refractivity contribution in [1.82, 2.24) is 0 Å². The van der Waals surface area contributed by atoms with Gasteiger partial charge in [0, 0.05) is 13.2 Å². The van der Waals surface area contributed by atoms with E-state index in [1.165, 1.54) is 6.07 Å². The number of benzene rings is 1. The van der Waals surface area contributed by atoms with Crippen molar-refractivity contribution in [2.75, 3.05) is 25.6 Å². The van der Waals surface area contributed by atoms with Gasteiger partial charge in [0.2, 0.25) is 0 Å². The number of rotatable bonds is 8. The number of nitro groups is 1. The first kappa shape index (κ1) is 15.2. The molecule has 0 radical (unpaired) electrons. The number of nitrogens with one attached hydrogen (secondary N) is 1. The highest BCUT2D eigenvalue weighted by Gasteiger charge is 2.17. The lowest BCUT2D eigenvalue weighted by atomic mass is 10.2. The van der Waals surface area contributed by atoms with Gasteiger partial charge in [-0.15, -0.1) is 0 Å². The van der Waals surface area contributed by atoms with Crippen LogP contribution in [0.3, 0.4) is 0 Å². The minimum Gasteiger partial charge on any atom is -0.494 e. The van der Waals surface area contributed by atoms with Crippen LogP contribution in [0.1, 0.15) is 20.3 Å². The number of hydrogen-bond acceptors (Lipinski definition) is 5. The molecule has 6 nitrogen and oxygen atoms in total. The Morgan fingerprint density at radius 1 is 1.42 bits per heavy atom. The van der Waals surface area contributed by atoms with E-state index in [4.69, 9.17) is 9.47 Å². The quantitative estimate of drug-likeness (QED) is 0.579. The summed E-state index contributed by atoms with van der Waals surface area (Å²) in [5.41, 5.74) is 0.498. The SMILES string of the molecule is CCOc1ccc(NC(CC)COC)c([N+](=O)[O-])c1. The maximum Gasteiger partial charge on any atom is 0.296 e. The molecule has 0 amide bonds. The smallest absolute Gasteiger partial charge is 0.296 e. The minimum absolute atomic E-state index is 0.0144. The normalized spacial score (nSPS) is 11.9. The second-order valence-corrected chi connectivity index (χ2v) is 4.07. The molecule has 1 rings (SSSR count). The third kappa shape index (κ3) is 4.40. The molecule has 1 aromatic rings. The van der Waals surface area contributed by atoms with Crippen LogP contribution in [0.15, 0.2) is 18.2 Å². The summed E-state index contributed by atoms with van der Waals surface area (Å²) >= 11 is 0. The first-order chi connectivity index (χ1) is 9.12. The standard InChI is InChI=1S/C13H20N2O4/c1-4-10(9-18-3)14-12-7-6-11(19-5-2)8-13(12)15(16)17/h6-8,10,14H,4-5,9H2,1-3H3. The van der Waals surface area contributed by atoms with Crippen molar-refractivity contribution < 1.29 is 14.4 Å². The van der Waals surface area contributed by atoms with Gasteiger partial charge in [-0.3, -0.25) is 10.1 Å². The average molecular weight is 268 g/mol. The van der Waals surface area contributed by atoms with Crippen molar-refractivity contribution >= 4 is 11.4 Å². The molecule has 1 N–H and O–H groups in total. The van der Waals surface area contributed by atoms with Gasteiger partial charge in [0.05, 0.1) is 24.2 Å². The molecule has 106 valence electrons. The van der Waals surface area contributed by atoms with Crippen LogP contribution in [0.2, 0.25) is 0 Å². The molecule has 1 unspecified atom stereocenters. The zero-order chi connectivity index (χ0) is 14.3. The van der Waals surface area contributed by atoms with Crippen LogP contribution in [0.25, 0.3) is 0 Å². The minimum atomic E-state index is -0.412. The predicted octanol–water partition coefficient (Wildman–Crippen LogP) is 2.83. The van der Waals surface area contributed by atoms with Crippen LogP contribution < -0.4 is 10.1 Å². The van der Waals surface area contributed by atoms with Gasteiger partial charge in [-0.2, -0.15) is 0 Å². The van der Waals surface area contributed by atoms with E-state index in [1.54, 1.807) is 19.2 Å². The Morgan fingerprint density at radius 3 is 2.68 bits per heavy atom. The summed E-state index contributed by atoms with van der Waals surface area (Å²) in [5.74, 6) is 0.500.